The van der Waals surface area contributed by atoms with Crippen molar-refractivity contribution in [2.24, 2.45) is 0 Å². The Kier molecular flexibility index (Phi) is 6.30. The SMILES string of the molecule is OCCN(Cc1ccccc1)CC(O)c1cccc(C(F)(F)F)n1. The summed E-state index contributed by atoms with van der Waals surface area (Å²) in [5.74, 6) is 0. The highest BCUT2D eigenvalue weighted by Crippen LogP contribution is 2.28. The summed E-state index contributed by atoms with van der Waals surface area (Å²) in [5, 5.41) is 19.4. The van der Waals surface area contributed by atoms with Crippen LogP contribution in [0.25, 0.3) is 0 Å². The van der Waals surface area contributed by atoms with E-state index in [-0.39, 0.29) is 18.8 Å². The van der Waals surface area contributed by atoms with Crippen molar-refractivity contribution >= 4 is 0 Å². The smallest absolute Gasteiger partial charge is 0.395 e. The summed E-state index contributed by atoms with van der Waals surface area (Å²) in [6.07, 6.45) is -5.73. The molecule has 4 nitrogen and oxygen atoms in total. The first kappa shape index (κ1) is 18.4. The van der Waals surface area contributed by atoms with E-state index < -0.39 is 18.0 Å². The van der Waals surface area contributed by atoms with E-state index in [1.54, 1.807) is 4.90 Å². The first-order valence-electron chi connectivity index (χ1n) is 7.49. The summed E-state index contributed by atoms with van der Waals surface area (Å²) in [4.78, 5) is 5.27. The molecule has 1 unspecified atom stereocenters. The fourth-order valence-corrected chi connectivity index (χ4v) is 2.35. The number of hydrogen-bond donors (Lipinski definition) is 2. The van der Waals surface area contributed by atoms with Crippen LogP contribution >= 0.6 is 0 Å². The predicted octanol–water partition coefficient (Wildman–Crippen LogP) is 2.63. The second-order valence-electron chi connectivity index (χ2n) is 5.41. The molecule has 1 aromatic heterocycles. The molecular weight excluding hydrogens is 321 g/mol. The summed E-state index contributed by atoms with van der Waals surface area (Å²) in [6, 6.07) is 12.9. The Hall–Kier alpha value is -1.96. The third-order valence-electron chi connectivity index (χ3n) is 3.50. The quantitative estimate of drug-likeness (QED) is 0.814. The molecule has 1 heterocycles. The average molecular weight is 340 g/mol. The van der Waals surface area contributed by atoms with Gasteiger partial charge in [-0.2, -0.15) is 13.2 Å². The van der Waals surface area contributed by atoms with Crippen LogP contribution in [0.15, 0.2) is 48.5 Å². The minimum absolute atomic E-state index is 0.0409. The molecule has 2 N–H and O–H groups in total. The van der Waals surface area contributed by atoms with E-state index in [0.29, 0.717) is 13.1 Å². The van der Waals surface area contributed by atoms with Crippen molar-refractivity contribution in [3.63, 3.8) is 0 Å². The third-order valence-corrected chi connectivity index (χ3v) is 3.50. The molecule has 1 aromatic carbocycles. The van der Waals surface area contributed by atoms with Gasteiger partial charge in [-0.05, 0) is 17.7 Å². The molecule has 0 aliphatic carbocycles. The number of nitrogens with zero attached hydrogens (tertiary/aromatic N) is 2. The van der Waals surface area contributed by atoms with Gasteiger partial charge in [-0.15, -0.1) is 0 Å². The fourth-order valence-electron chi connectivity index (χ4n) is 2.35. The van der Waals surface area contributed by atoms with Crippen LogP contribution in [0.3, 0.4) is 0 Å². The Morgan fingerprint density at radius 1 is 1.04 bits per heavy atom. The molecule has 0 amide bonds. The van der Waals surface area contributed by atoms with Gasteiger partial charge in [0.2, 0.25) is 0 Å². The number of aromatic nitrogens is 1. The maximum atomic E-state index is 12.7. The van der Waals surface area contributed by atoms with Gasteiger partial charge >= 0.3 is 6.18 Å². The van der Waals surface area contributed by atoms with Crippen LogP contribution in [0.2, 0.25) is 0 Å². The van der Waals surface area contributed by atoms with Gasteiger partial charge in [-0.3, -0.25) is 4.90 Å². The molecule has 0 fully saturated rings. The number of aliphatic hydroxyl groups excluding tert-OH is 2. The molecule has 0 saturated heterocycles. The summed E-state index contributed by atoms with van der Waals surface area (Å²) in [5.41, 5.74) is -0.0909. The Labute approximate surface area is 138 Å². The van der Waals surface area contributed by atoms with Crippen LogP contribution in [0.5, 0.6) is 0 Å². The highest BCUT2D eigenvalue weighted by Gasteiger charge is 2.33. The van der Waals surface area contributed by atoms with Crippen molar-refractivity contribution in [1.29, 1.82) is 0 Å². The standard InChI is InChI=1S/C17H19F3N2O2/c18-17(19,20)16-8-4-7-14(21-16)15(24)12-22(9-10-23)11-13-5-2-1-3-6-13/h1-8,15,23-24H,9-12H2. The van der Waals surface area contributed by atoms with Crippen LogP contribution < -0.4 is 0 Å². The molecule has 0 bridgehead atoms. The molecule has 2 rings (SSSR count). The first-order valence-corrected chi connectivity index (χ1v) is 7.49. The van der Waals surface area contributed by atoms with Gasteiger partial charge in [0.05, 0.1) is 12.3 Å². The van der Waals surface area contributed by atoms with Crippen molar-refractivity contribution in [1.82, 2.24) is 9.88 Å². The lowest BCUT2D eigenvalue weighted by Gasteiger charge is -2.24. The Morgan fingerprint density at radius 2 is 1.75 bits per heavy atom. The zero-order chi connectivity index (χ0) is 17.6. The molecule has 0 radical (unpaired) electrons. The van der Waals surface area contributed by atoms with Crippen LogP contribution in [-0.4, -0.2) is 39.8 Å². The molecule has 7 heteroatoms. The van der Waals surface area contributed by atoms with Crippen molar-refractivity contribution in [2.75, 3.05) is 19.7 Å². The second kappa shape index (κ2) is 8.23. The minimum Gasteiger partial charge on any atom is -0.395 e. The fraction of sp³-hybridized carbons (Fsp3) is 0.353. The average Bonchev–Trinajstić information content (AvgIpc) is 2.55. The van der Waals surface area contributed by atoms with Gasteiger partial charge in [0, 0.05) is 19.6 Å². The monoisotopic (exact) mass is 340 g/mol. The molecule has 0 aliphatic heterocycles. The summed E-state index contributed by atoms with van der Waals surface area (Å²) < 4.78 is 38.1. The van der Waals surface area contributed by atoms with E-state index in [9.17, 15) is 18.3 Å². The van der Waals surface area contributed by atoms with Gasteiger partial charge in [0.25, 0.3) is 0 Å². The Morgan fingerprint density at radius 3 is 2.38 bits per heavy atom. The van der Waals surface area contributed by atoms with E-state index in [4.69, 9.17) is 5.11 Å². The van der Waals surface area contributed by atoms with Gasteiger partial charge in [0.1, 0.15) is 11.8 Å². The highest BCUT2D eigenvalue weighted by atomic mass is 19.4. The van der Waals surface area contributed by atoms with Crippen LogP contribution in [-0.2, 0) is 12.7 Å². The van der Waals surface area contributed by atoms with E-state index in [1.807, 2.05) is 30.3 Å². The highest BCUT2D eigenvalue weighted by molar-refractivity contribution is 5.17. The molecule has 24 heavy (non-hydrogen) atoms. The molecule has 0 spiro atoms. The lowest BCUT2D eigenvalue weighted by atomic mass is 10.1. The molecule has 130 valence electrons. The minimum atomic E-state index is -4.55. The van der Waals surface area contributed by atoms with Crippen LogP contribution in [0, 0.1) is 0 Å². The summed E-state index contributed by atoms with van der Waals surface area (Å²) in [7, 11) is 0. The molecule has 1 atom stereocenters. The largest absolute Gasteiger partial charge is 0.433 e. The summed E-state index contributed by atoms with van der Waals surface area (Å²) >= 11 is 0. The molecule has 0 aliphatic rings. The zero-order valence-electron chi connectivity index (χ0n) is 12.9. The Balaban J connectivity index is 2.08. The third kappa shape index (κ3) is 5.30. The number of rotatable bonds is 7. The second-order valence-corrected chi connectivity index (χ2v) is 5.41. The molecular formula is C17H19F3N2O2. The number of pyridine rings is 1. The van der Waals surface area contributed by atoms with E-state index in [1.165, 1.54) is 12.1 Å². The van der Waals surface area contributed by atoms with Gasteiger partial charge < -0.3 is 10.2 Å². The lowest BCUT2D eigenvalue weighted by molar-refractivity contribution is -0.141. The normalized spacial score (nSPS) is 13.2. The first-order chi connectivity index (χ1) is 11.4. The molecule has 0 saturated carbocycles. The van der Waals surface area contributed by atoms with E-state index in [0.717, 1.165) is 11.6 Å². The number of halogens is 3. The topological polar surface area (TPSA) is 56.6 Å². The maximum absolute atomic E-state index is 12.7. The van der Waals surface area contributed by atoms with Crippen molar-refractivity contribution in [3.8, 4) is 0 Å². The van der Waals surface area contributed by atoms with E-state index >= 15 is 0 Å². The van der Waals surface area contributed by atoms with Gasteiger partial charge in [-0.25, -0.2) is 4.98 Å². The van der Waals surface area contributed by atoms with Gasteiger partial charge in [-0.1, -0.05) is 36.4 Å². The number of hydrogen-bond acceptors (Lipinski definition) is 4. The maximum Gasteiger partial charge on any atom is 0.433 e. The summed E-state index contributed by atoms with van der Waals surface area (Å²) in [6.45, 7) is 0.724. The van der Waals surface area contributed by atoms with Crippen molar-refractivity contribution < 1.29 is 23.4 Å². The van der Waals surface area contributed by atoms with Crippen molar-refractivity contribution in [3.05, 3.63) is 65.5 Å². The number of aliphatic hydroxyl groups is 2. The predicted molar refractivity (Wildman–Crippen MR) is 83.0 cm³/mol. The Bertz CT molecular complexity index is 635. The van der Waals surface area contributed by atoms with Gasteiger partial charge in [0.15, 0.2) is 0 Å². The molecule has 2 aromatic rings. The zero-order valence-corrected chi connectivity index (χ0v) is 12.9. The van der Waals surface area contributed by atoms with E-state index in [2.05, 4.69) is 4.98 Å². The van der Waals surface area contributed by atoms with Crippen LogP contribution in [0.4, 0.5) is 13.2 Å². The lowest BCUT2D eigenvalue weighted by Crippen LogP contribution is -2.31. The number of benzene rings is 1. The van der Waals surface area contributed by atoms with Crippen molar-refractivity contribution in [2.45, 2.75) is 18.8 Å². The number of alkyl halides is 3. The van der Waals surface area contributed by atoms with Crippen LogP contribution in [0.1, 0.15) is 23.1 Å².